The summed E-state index contributed by atoms with van der Waals surface area (Å²) in [7, 11) is 0. The van der Waals surface area contributed by atoms with Gasteiger partial charge < -0.3 is 15.2 Å². The van der Waals surface area contributed by atoms with E-state index in [0.29, 0.717) is 19.4 Å². The number of fused-ring (bicyclic) bond motifs is 3. The van der Waals surface area contributed by atoms with Crippen molar-refractivity contribution in [2.24, 2.45) is 0 Å². The molecule has 0 bridgehead atoms. The lowest BCUT2D eigenvalue weighted by Crippen LogP contribution is -2.65. The van der Waals surface area contributed by atoms with E-state index >= 15 is 0 Å². The zero-order valence-electron chi connectivity index (χ0n) is 14.2. The highest BCUT2D eigenvalue weighted by Crippen LogP contribution is 2.28. The summed E-state index contributed by atoms with van der Waals surface area (Å²) in [5, 5.41) is 4.05. The summed E-state index contributed by atoms with van der Waals surface area (Å²) >= 11 is 0. The molecule has 130 valence electrons. The van der Waals surface area contributed by atoms with Crippen molar-refractivity contribution in [1.82, 2.24) is 15.2 Å². The summed E-state index contributed by atoms with van der Waals surface area (Å²) in [6.45, 7) is 0.511. The molecule has 1 saturated heterocycles. The number of carbonyl (C=O) groups is 2. The van der Waals surface area contributed by atoms with Gasteiger partial charge in [0.15, 0.2) is 0 Å². The number of H-pyrrole nitrogens is 1. The molecule has 2 aliphatic rings. The molecule has 2 aliphatic heterocycles. The average molecular weight is 345 g/mol. The van der Waals surface area contributed by atoms with Crippen LogP contribution in [0, 0.1) is 0 Å². The van der Waals surface area contributed by atoms with E-state index in [0.717, 1.165) is 27.6 Å². The van der Waals surface area contributed by atoms with E-state index in [9.17, 15) is 9.59 Å². The molecule has 1 fully saturated rings. The van der Waals surface area contributed by atoms with Gasteiger partial charge in [-0.2, -0.15) is 0 Å². The molecular formula is C21H19N3O2. The standard InChI is InChI=1S/C21H19N3O2/c25-20-19-10-13-5-1-2-6-14(13)12-24(19)21(26)18(23-20)9-15-11-22-17-8-4-3-7-16(15)17/h1-8,11,18-19,22H,9-10,12H2,(H,23,25)/t18-,19+/m0/s1. The van der Waals surface area contributed by atoms with E-state index in [1.54, 1.807) is 4.90 Å². The monoisotopic (exact) mass is 345 g/mol. The third kappa shape index (κ3) is 2.31. The molecule has 5 nitrogen and oxygen atoms in total. The van der Waals surface area contributed by atoms with E-state index in [1.165, 1.54) is 0 Å². The number of para-hydroxylation sites is 1. The van der Waals surface area contributed by atoms with Crippen LogP contribution in [-0.2, 0) is 29.0 Å². The number of aromatic amines is 1. The molecule has 0 aliphatic carbocycles. The van der Waals surface area contributed by atoms with Crippen molar-refractivity contribution >= 4 is 22.7 Å². The number of piperazine rings is 1. The number of amides is 2. The Balaban J connectivity index is 1.44. The number of rotatable bonds is 2. The summed E-state index contributed by atoms with van der Waals surface area (Å²) < 4.78 is 0. The number of benzene rings is 2. The first-order valence-electron chi connectivity index (χ1n) is 8.93. The molecule has 3 heterocycles. The van der Waals surface area contributed by atoms with Gasteiger partial charge in [-0.1, -0.05) is 42.5 Å². The van der Waals surface area contributed by atoms with Crippen molar-refractivity contribution in [3.05, 3.63) is 71.4 Å². The first-order valence-corrected chi connectivity index (χ1v) is 8.93. The number of carbonyl (C=O) groups excluding carboxylic acids is 2. The van der Waals surface area contributed by atoms with Crippen molar-refractivity contribution in [2.75, 3.05) is 0 Å². The van der Waals surface area contributed by atoms with Gasteiger partial charge in [-0.3, -0.25) is 9.59 Å². The van der Waals surface area contributed by atoms with Crippen molar-refractivity contribution in [3.63, 3.8) is 0 Å². The summed E-state index contributed by atoms with van der Waals surface area (Å²) in [5.41, 5.74) is 4.39. The molecule has 2 atom stereocenters. The second-order valence-electron chi connectivity index (χ2n) is 7.08. The van der Waals surface area contributed by atoms with Crippen LogP contribution in [-0.4, -0.2) is 33.8 Å². The topological polar surface area (TPSA) is 65.2 Å². The maximum atomic E-state index is 13.1. The SMILES string of the molecule is O=C1N[C@@H](Cc2c[nH]c3ccccc23)C(=O)N2Cc3ccccc3C[C@H]12. The number of nitrogens with zero attached hydrogens (tertiary/aromatic N) is 1. The normalized spacial score (nSPS) is 22.1. The van der Waals surface area contributed by atoms with Crippen LogP contribution in [0.2, 0.25) is 0 Å². The van der Waals surface area contributed by atoms with Gasteiger partial charge >= 0.3 is 0 Å². The fourth-order valence-corrected chi connectivity index (χ4v) is 4.18. The number of nitrogens with one attached hydrogen (secondary N) is 2. The van der Waals surface area contributed by atoms with Crippen molar-refractivity contribution < 1.29 is 9.59 Å². The lowest BCUT2D eigenvalue weighted by molar-refractivity contribution is -0.150. The molecule has 2 N–H and O–H groups in total. The Morgan fingerprint density at radius 3 is 2.65 bits per heavy atom. The van der Waals surface area contributed by atoms with Crippen LogP contribution >= 0.6 is 0 Å². The molecule has 3 aromatic rings. The summed E-state index contributed by atoms with van der Waals surface area (Å²) in [6, 6.07) is 15.2. The highest BCUT2D eigenvalue weighted by Gasteiger charge is 2.42. The second kappa shape index (κ2) is 5.73. The van der Waals surface area contributed by atoms with Crippen LogP contribution < -0.4 is 5.32 Å². The lowest BCUT2D eigenvalue weighted by Gasteiger charge is -2.42. The van der Waals surface area contributed by atoms with Crippen LogP contribution in [0.25, 0.3) is 10.9 Å². The smallest absolute Gasteiger partial charge is 0.246 e. The Kier molecular flexibility index (Phi) is 3.35. The first kappa shape index (κ1) is 15.2. The van der Waals surface area contributed by atoms with Gasteiger partial charge in [0.25, 0.3) is 0 Å². The average Bonchev–Trinajstić information content (AvgIpc) is 3.08. The van der Waals surface area contributed by atoms with E-state index in [2.05, 4.69) is 10.3 Å². The van der Waals surface area contributed by atoms with Crippen molar-refractivity contribution in [1.29, 1.82) is 0 Å². The maximum Gasteiger partial charge on any atom is 0.246 e. The van der Waals surface area contributed by atoms with Crippen LogP contribution in [0.5, 0.6) is 0 Å². The minimum Gasteiger partial charge on any atom is -0.361 e. The molecule has 5 heteroatoms. The predicted molar refractivity (Wildman–Crippen MR) is 98.4 cm³/mol. The molecule has 0 saturated carbocycles. The molecular weight excluding hydrogens is 326 g/mol. The van der Waals surface area contributed by atoms with E-state index in [1.807, 2.05) is 54.7 Å². The van der Waals surface area contributed by atoms with E-state index in [-0.39, 0.29) is 11.8 Å². The summed E-state index contributed by atoms with van der Waals surface area (Å²) in [4.78, 5) is 30.7. The fraction of sp³-hybridized carbons (Fsp3) is 0.238. The van der Waals surface area contributed by atoms with Gasteiger partial charge in [0, 0.05) is 36.5 Å². The zero-order valence-corrected chi connectivity index (χ0v) is 14.2. The van der Waals surface area contributed by atoms with Gasteiger partial charge in [0.1, 0.15) is 12.1 Å². The molecule has 1 aromatic heterocycles. The van der Waals surface area contributed by atoms with Gasteiger partial charge in [0.05, 0.1) is 0 Å². The summed E-state index contributed by atoms with van der Waals surface area (Å²) in [5.74, 6) is -0.0432. The van der Waals surface area contributed by atoms with Crippen LogP contribution in [0.3, 0.4) is 0 Å². The molecule has 0 unspecified atom stereocenters. The van der Waals surface area contributed by atoms with E-state index in [4.69, 9.17) is 0 Å². The molecule has 0 radical (unpaired) electrons. The van der Waals surface area contributed by atoms with Gasteiger partial charge in [-0.25, -0.2) is 0 Å². The Hall–Kier alpha value is -3.08. The number of hydrogen-bond donors (Lipinski definition) is 2. The third-order valence-electron chi connectivity index (χ3n) is 5.55. The highest BCUT2D eigenvalue weighted by atomic mass is 16.2. The third-order valence-corrected chi connectivity index (χ3v) is 5.55. The Morgan fingerprint density at radius 2 is 1.77 bits per heavy atom. The zero-order chi connectivity index (χ0) is 17.7. The number of aromatic nitrogens is 1. The molecule has 0 spiro atoms. The fourth-order valence-electron chi connectivity index (χ4n) is 4.18. The van der Waals surface area contributed by atoms with Crippen molar-refractivity contribution in [2.45, 2.75) is 31.5 Å². The predicted octanol–water partition coefficient (Wildman–Crippen LogP) is 2.16. The lowest BCUT2D eigenvalue weighted by atomic mass is 9.90. The minimum atomic E-state index is -0.511. The second-order valence-corrected chi connectivity index (χ2v) is 7.08. The van der Waals surface area contributed by atoms with Crippen LogP contribution in [0.15, 0.2) is 54.7 Å². The Bertz CT molecular complexity index is 1020. The first-order chi connectivity index (χ1) is 12.7. The molecule has 2 amide bonds. The van der Waals surface area contributed by atoms with Gasteiger partial charge in [-0.05, 0) is 22.8 Å². The van der Waals surface area contributed by atoms with Crippen molar-refractivity contribution in [3.8, 4) is 0 Å². The Labute approximate surface area is 151 Å². The van der Waals surface area contributed by atoms with Crippen LogP contribution in [0.1, 0.15) is 16.7 Å². The largest absolute Gasteiger partial charge is 0.361 e. The van der Waals surface area contributed by atoms with Crippen LogP contribution in [0.4, 0.5) is 0 Å². The van der Waals surface area contributed by atoms with E-state index < -0.39 is 12.1 Å². The van der Waals surface area contributed by atoms with Gasteiger partial charge in [0.2, 0.25) is 11.8 Å². The minimum absolute atomic E-state index is 0.00869. The number of hydrogen-bond acceptors (Lipinski definition) is 2. The Morgan fingerprint density at radius 1 is 1.00 bits per heavy atom. The highest BCUT2D eigenvalue weighted by molar-refractivity contribution is 5.98. The quantitative estimate of drug-likeness (QED) is 0.748. The molecule has 26 heavy (non-hydrogen) atoms. The van der Waals surface area contributed by atoms with Gasteiger partial charge in [-0.15, -0.1) is 0 Å². The molecule has 5 rings (SSSR count). The maximum absolute atomic E-state index is 13.1. The summed E-state index contributed by atoms with van der Waals surface area (Å²) in [6.07, 6.45) is 3.02. The molecule has 2 aromatic carbocycles.